The molecule has 0 saturated heterocycles. The summed E-state index contributed by atoms with van der Waals surface area (Å²) < 4.78 is 0.938. The maximum atomic E-state index is 9.08. The SMILES string of the molecule is Cc1cc(C)nc(Sc2cc(Br)ccc2C#N)n1. The van der Waals surface area contributed by atoms with Crippen LogP contribution in [0.5, 0.6) is 0 Å². The average Bonchev–Trinajstić information content (AvgIpc) is 2.27. The fourth-order valence-corrected chi connectivity index (χ4v) is 3.01. The van der Waals surface area contributed by atoms with E-state index in [1.54, 1.807) is 6.07 Å². The summed E-state index contributed by atoms with van der Waals surface area (Å²) in [5, 5.41) is 9.75. The quantitative estimate of drug-likeness (QED) is 0.788. The van der Waals surface area contributed by atoms with Crippen LogP contribution in [0, 0.1) is 25.2 Å². The number of nitrogens with zero attached hydrogens (tertiary/aromatic N) is 3. The van der Waals surface area contributed by atoms with Crippen molar-refractivity contribution < 1.29 is 0 Å². The summed E-state index contributed by atoms with van der Waals surface area (Å²) in [4.78, 5) is 9.58. The van der Waals surface area contributed by atoms with Crippen molar-refractivity contribution in [2.75, 3.05) is 0 Å². The van der Waals surface area contributed by atoms with Gasteiger partial charge in [-0.2, -0.15) is 5.26 Å². The van der Waals surface area contributed by atoms with E-state index in [4.69, 9.17) is 5.26 Å². The number of hydrogen-bond donors (Lipinski definition) is 0. The molecule has 2 rings (SSSR count). The lowest BCUT2D eigenvalue weighted by Crippen LogP contribution is -1.93. The van der Waals surface area contributed by atoms with Gasteiger partial charge < -0.3 is 0 Å². The summed E-state index contributed by atoms with van der Waals surface area (Å²) in [5.41, 5.74) is 2.49. The molecule has 1 aromatic heterocycles. The molecule has 3 nitrogen and oxygen atoms in total. The van der Waals surface area contributed by atoms with Gasteiger partial charge in [-0.1, -0.05) is 15.9 Å². The maximum absolute atomic E-state index is 9.08. The molecule has 90 valence electrons. The molecule has 0 unspecified atom stereocenters. The van der Waals surface area contributed by atoms with Gasteiger partial charge in [0.15, 0.2) is 5.16 Å². The van der Waals surface area contributed by atoms with Crippen LogP contribution in [0.25, 0.3) is 0 Å². The van der Waals surface area contributed by atoms with Gasteiger partial charge in [0.25, 0.3) is 0 Å². The first-order valence-corrected chi connectivity index (χ1v) is 6.89. The lowest BCUT2D eigenvalue weighted by Gasteiger charge is -2.05. The Balaban J connectivity index is 2.39. The topological polar surface area (TPSA) is 49.6 Å². The van der Waals surface area contributed by atoms with E-state index in [-0.39, 0.29) is 0 Å². The molecule has 0 aliphatic heterocycles. The highest BCUT2D eigenvalue weighted by molar-refractivity contribution is 9.10. The van der Waals surface area contributed by atoms with Gasteiger partial charge in [0.2, 0.25) is 0 Å². The number of nitriles is 1. The van der Waals surface area contributed by atoms with Crippen molar-refractivity contribution in [1.82, 2.24) is 9.97 Å². The Kier molecular flexibility index (Phi) is 4.00. The van der Waals surface area contributed by atoms with Crippen LogP contribution in [0.2, 0.25) is 0 Å². The molecule has 0 amide bonds. The normalized spacial score (nSPS) is 10.1. The van der Waals surface area contributed by atoms with Crippen molar-refractivity contribution in [3.8, 4) is 6.07 Å². The predicted octanol–water partition coefficient (Wildman–Crippen LogP) is 3.88. The molecule has 1 heterocycles. The fraction of sp³-hybridized carbons (Fsp3) is 0.154. The zero-order valence-corrected chi connectivity index (χ0v) is 12.3. The monoisotopic (exact) mass is 319 g/mol. The second-order valence-corrected chi connectivity index (χ2v) is 5.71. The Morgan fingerprint density at radius 1 is 1.17 bits per heavy atom. The molecule has 0 bridgehead atoms. The summed E-state index contributed by atoms with van der Waals surface area (Å²) >= 11 is 4.81. The van der Waals surface area contributed by atoms with Crippen LogP contribution in [0.3, 0.4) is 0 Å². The smallest absolute Gasteiger partial charge is 0.192 e. The number of aryl methyl sites for hydroxylation is 2. The Bertz CT molecular complexity index is 614. The number of aromatic nitrogens is 2. The largest absolute Gasteiger partial charge is 0.228 e. The van der Waals surface area contributed by atoms with Crippen molar-refractivity contribution in [1.29, 1.82) is 5.26 Å². The zero-order valence-electron chi connectivity index (χ0n) is 9.94. The Hall–Kier alpha value is -1.38. The van der Waals surface area contributed by atoms with Crippen LogP contribution in [0.4, 0.5) is 0 Å². The van der Waals surface area contributed by atoms with E-state index in [0.717, 1.165) is 20.8 Å². The highest BCUT2D eigenvalue weighted by Crippen LogP contribution is 2.30. The fourth-order valence-electron chi connectivity index (χ4n) is 1.51. The van der Waals surface area contributed by atoms with E-state index >= 15 is 0 Å². The second-order valence-electron chi connectivity index (χ2n) is 3.79. The third-order valence-electron chi connectivity index (χ3n) is 2.23. The standard InChI is InChI=1S/C13H10BrN3S/c1-8-5-9(2)17-13(16-8)18-12-6-11(14)4-3-10(12)7-15/h3-6H,1-2H3. The molecule has 0 fully saturated rings. The average molecular weight is 320 g/mol. The van der Waals surface area contributed by atoms with E-state index in [9.17, 15) is 0 Å². The first kappa shape index (κ1) is 13.1. The van der Waals surface area contributed by atoms with Crippen molar-refractivity contribution >= 4 is 27.7 Å². The molecular formula is C13H10BrN3S. The third-order valence-corrected chi connectivity index (χ3v) is 3.64. The van der Waals surface area contributed by atoms with Crippen molar-refractivity contribution in [3.05, 3.63) is 45.7 Å². The summed E-state index contributed by atoms with van der Waals surface area (Å²) in [6, 6.07) is 9.65. The molecule has 0 atom stereocenters. The molecule has 0 radical (unpaired) electrons. The minimum absolute atomic E-state index is 0.631. The molecule has 1 aromatic carbocycles. The highest BCUT2D eigenvalue weighted by Gasteiger charge is 2.08. The summed E-state index contributed by atoms with van der Waals surface area (Å²) in [5.74, 6) is 0. The number of hydrogen-bond acceptors (Lipinski definition) is 4. The van der Waals surface area contributed by atoms with Crippen LogP contribution in [0.1, 0.15) is 17.0 Å². The molecule has 0 spiro atoms. The van der Waals surface area contributed by atoms with Crippen LogP contribution >= 0.6 is 27.7 Å². The molecule has 0 aliphatic carbocycles. The lowest BCUT2D eigenvalue weighted by atomic mass is 10.2. The molecule has 0 aliphatic rings. The molecule has 0 N–H and O–H groups in total. The third kappa shape index (κ3) is 3.09. The highest BCUT2D eigenvalue weighted by atomic mass is 79.9. The Morgan fingerprint density at radius 2 is 1.83 bits per heavy atom. The van der Waals surface area contributed by atoms with E-state index < -0.39 is 0 Å². The van der Waals surface area contributed by atoms with Crippen molar-refractivity contribution in [2.24, 2.45) is 0 Å². The van der Waals surface area contributed by atoms with Crippen LogP contribution in [-0.2, 0) is 0 Å². The molecule has 2 aromatic rings. The molecule has 5 heteroatoms. The number of rotatable bonds is 2. The summed E-state index contributed by atoms with van der Waals surface area (Å²) in [6.07, 6.45) is 0. The molecule has 18 heavy (non-hydrogen) atoms. The lowest BCUT2D eigenvalue weighted by molar-refractivity contribution is 0.902. The zero-order chi connectivity index (χ0) is 13.1. The van der Waals surface area contributed by atoms with E-state index in [2.05, 4.69) is 32.0 Å². The van der Waals surface area contributed by atoms with Crippen LogP contribution < -0.4 is 0 Å². The molecule has 0 saturated carbocycles. The summed E-state index contributed by atoms with van der Waals surface area (Å²) in [7, 11) is 0. The van der Waals surface area contributed by atoms with Gasteiger partial charge in [-0.25, -0.2) is 9.97 Å². The van der Waals surface area contributed by atoms with Gasteiger partial charge in [0.1, 0.15) is 6.07 Å². The van der Waals surface area contributed by atoms with Crippen LogP contribution in [-0.4, -0.2) is 9.97 Å². The van der Waals surface area contributed by atoms with E-state index in [1.807, 2.05) is 32.0 Å². The Morgan fingerprint density at radius 3 is 2.44 bits per heavy atom. The van der Waals surface area contributed by atoms with Crippen LogP contribution in [0.15, 0.2) is 38.8 Å². The predicted molar refractivity (Wildman–Crippen MR) is 74.5 cm³/mol. The van der Waals surface area contributed by atoms with Crippen molar-refractivity contribution in [3.63, 3.8) is 0 Å². The second kappa shape index (κ2) is 5.51. The summed E-state index contributed by atoms with van der Waals surface area (Å²) in [6.45, 7) is 3.87. The Labute approximate surface area is 118 Å². The van der Waals surface area contributed by atoms with E-state index in [1.165, 1.54) is 11.8 Å². The van der Waals surface area contributed by atoms with E-state index in [0.29, 0.717) is 10.7 Å². The van der Waals surface area contributed by atoms with Crippen molar-refractivity contribution in [2.45, 2.75) is 23.9 Å². The van der Waals surface area contributed by atoms with Gasteiger partial charge in [-0.3, -0.25) is 0 Å². The maximum Gasteiger partial charge on any atom is 0.192 e. The van der Waals surface area contributed by atoms with Gasteiger partial charge in [0, 0.05) is 20.8 Å². The molecular weight excluding hydrogens is 310 g/mol. The van der Waals surface area contributed by atoms with Gasteiger partial charge in [-0.05, 0) is 49.9 Å². The minimum Gasteiger partial charge on any atom is -0.228 e. The minimum atomic E-state index is 0.631. The van der Waals surface area contributed by atoms with Gasteiger partial charge in [-0.15, -0.1) is 0 Å². The first-order valence-electron chi connectivity index (χ1n) is 5.28. The van der Waals surface area contributed by atoms with Gasteiger partial charge in [0.05, 0.1) is 5.56 Å². The van der Waals surface area contributed by atoms with Gasteiger partial charge >= 0.3 is 0 Å². The number of benzene rings is 1. The first-order chi connectivity index (χ1) is 8.58. The number of halogens is 1.